The first kappa shape index (κ1) is 37.5. The number of ether oxygens (including phenoxy) is 3. The summed E-state index contributed by atoms with van der Waals surface area (Å²) < 4.78 is 18.2. The van der Waals surface area contributed by atoms with Crippen LogP contribution in [0.25, 0.3) is 32.9 Å². The van der Waals surface area contributed by atoms with E-state index in [4.69, 9.17) is 14.2 Å². The van der Waals surface area contributed by atoms with Crippen molar-refractivity contribution in [2.45, 2.75) is 76.0 Å². The third-order valence-electron chi connectivity index (χ3n) is 11.9. The molecule has 1 aliphatic carbocycles. The fraction of sp³-hybridized carbons (Fsp3) is 0.378. The van der Waals surface area contributed by atoms with Crippen molar-refractivity contribution >= 4 is 45.4 Å². The molecule has 2 N–H and O–H groups in total. The van der Waals surface area contributed by atoms with Gasteiger partial charge in [0, 0.05) is 83.3 Å². The summed E-state index contributed by atoms with van der Waals surface area (Å²) in [5.74, 6) is -0.0231. The smallest absolute Gasteiger partial charge is 0.262 e. The molecular formula is C45H46N6O7. The van der Waals surface area contributed by atoms with E-state index >= 15 is 0 Å². The molecule has 4 amide bonds. The summed E-state index contributed by atoms with van der Waals surface area (Å²) in [6.07, 6.45) is 12.2. The zero-order valence-corrected chi connectivity index (χ0v) is 32.3. The predicted octanol–water partition coefficient (Wildman–Crippen LogP) is 6.58. The lowest BCUT2D eigenvalue weighted by Gasteiger charge is -2.39. The lowest BCUT2D eigenvalue weighted by atomic mass is 9.81. The van der Waals surface area contributed by atoms with Gasteiger partial charge in [-0.15, -0.1) is 0 Å². The van der Waals surface area contributed by atoms with Crippen LogP contribution in [0.3, 0.4) is 0 Å². The van der Waals surface area contributed by atoms with Gasteiger partial charge in [-0.25, -0.2) is 4.98 Å². The zero-order valence-electron chi connectivity index (χ0n) is 32.3. The summed E-state index contributed by atoms with van der Waals surface area (Å²) in [5, 5.41) is 4.90. The third kappa shape index (κ3) is 7.53. The van der Waals surface area contributed by atoms with Crippen LogP contribution in [0.4, 0.5) is 0 Å². The molecule has 0 bridgehead atoms. The average Bonchev–Trinajstić information content (AvgIpc) is 3.72. The van der Waals surface area contributed by atoms with E-state index in [1.165, 1.54) is 0 Å². The number of aromatic amines is 1. The van der Waals surface area contributed by atoms with Gasteiger partial charge >= 0.3 is 0 Å². The van der Waals surface area contributed by atoms with Gasteiger partial charge in [0.2, 0.25) is 17.7 Å². The first-order valence-corrected chi connectivity index (χ1v) is 20.3. The molecule has 1 saturated carbocycles. The van der Waals surface area contributed by atoms with Crippen molar-refractivity contribution in [1.82, 2.24) is 30.1 Å². The third-order valence-corrected chi connectivity index (χ3v) is 11.9. The second-order valence-corrected chi connectivity index (χ2v) is 15.7. The van der Waals surface area contributed by atoms with Crippen LogP contribution >= 0.6 is 0 Å². The molecule has 3 aromatic heterocycles. The fourth-order valence-electron chi connectivity index (χ4n) is 8.52. The Hall–Kier alpha value is -6.08. The number of carbonyl (C=O) groups excluding carboxylic acids is 4. The number of nitrogens with one attached hydrogen (secondary N) is 2. The largest absolute Gasteiger partial charge is 0.494 e. The number of piperidine rings is 2. The maximum absolute atomic E-state index is 13.2. The average molecular weight is 783 g/mol. The number of likely N-dealkylation sites (tertiary alicyclic amines) is 1. The summed E-state index contributed by atoms with van der Waals surface area (Å²) in [6, 6.07) is 16.3. The van der Waals surface area contributed by atoms with Crippen LogP contribution in [0.15, 0.2) is 85.5 Å². The monoisotopic (exact) mass is 782 g/mol. The minimum atomic E-state index is -0.838. The van der Waals surface area contributed by atoms with Gasteiger partial charge in [-0.3, -0.25) is 29.1 Å². The number of H-pyrrole nitrogens is 1. The Labute approximate surface area is 335 Å². The second kappa shape index (κ2) is 16.0. The van der Waals surface area contributed by atoms with Gasteiger partial charge in [-0.2, -0.15) is 0 Å². The first-order valence-electron chi connectivity index (χ1n) is 20.3. The van der Waals surface area contributed by atoms with E-state index in [2.05, 4.69) is 45.0 Å². The zero-order chi connectivity index (χ0) is 39.8. The highest BCUT2D eigenvalue weighted by atomic mass is 16.5. The number of aromatic nitrogens is 3. The van der Waals surface area contributed by atoms with E-state index in [1.807, 2.05) is 35.5 Å². The SMILES string of the molecule is C=C1CCC(N2C(=O)c3ccc(OCCCCCOC4CCN(C(=O)C5CC(Oc6ccc(-c7ccc8c(c7)[nH]c7ccncc78)cn6)C5)CC4)cc3C2=O)C(=O)N1. The van der Waals surface area contributed by atoms with Crippen molar-refractivity contribution < 1.29 is 33.4 Å². The molecule has 2 aromatic carbocycles. The molecule has 9 rings (SSSR count). The number of nitrogens with zero attached hydrogens (tertiary/aromatic N) is 4. The van der Waals surface area contributed by atoms with Gasteiger partial charge < -0.3 is 29.4 Å². The molecule has 0 radical (unpaired) electrons. The maximum atomic E-state index is 13.2. The van der Waals surface area contributed by atoms with E-state index in [0.29, 0.717) is 69.3 Å². The highest BCUT2D eigenvalue weighted by molar-refractivity contribution is 6.23. The van der Waals surface area contributed by atoms with Crippen LogP contribution in [0.1, 0.15) is 78.5 Å². The lowest BCUT2D eigenvalue weighted by molar-refractivity contribution is -0.144. The van der Waals surface area contributed by atoms with Gasteiger partial charge in [0.1, 0.15) is 17.9 Å². The minimum absolute atomic E-state index is 0.0112. The number of allylic oxidation sites excluding steroid dienone is 1. The molecule has 13 heteroatoms. The van der Waals surface area contributed by atoms with E-state index in [9.17, 15) is 19.2 Å². The summed E-state index contributed by atoms with van der Waals surface area (Å²) in [4.78, 5) is 67.1. The van der Waals surface area contributed by atoms with Crippen molar-refractivity contribution in [3.63, 3.8) is 0 Å². The molecule has 13 nitrogen and oxygen atoms in total. The Morgan fingerprint density at radius 3 is 2.43 bits per heavy atom. The van der Waals surface area contributed by atoms with Crippen molar-refractivity contribution in [3.05, 3.63) is 96.6 Å². The normalized spacial score (nSPS) is 21.0. The molecule has 6 heterocycles. The van der Waals surface area contributed by atoms with Crippen LogP contribution in [0.5, 0.6) is 11.6 Å². The number of amides is 4. The molecular weight excluding hydrogens is 737 g/mol. The first-order chi connectivity index (χ1) is 28.3. The number of pyridine rings is 2. The van der Waals surface area contributed by atoms with Gasteiger partial charge in [0.05, 0.1) is 23.8 Å². The van der Waals surface area contributed by atoms with E-state index < -0.39 is 17.9 Å². The van der Waals surface area contributed by atoms with E-state index in [1.54, 1.807) is 24.4 Å². The van der Waals surface area contributed by atoms with Gasteiger partial charge in [0.25, 0.3) is 11.8 Å². The number of rotatable bonds is 13. The van der Waals surface area contributed by atoms with Crippen LogP contribution < -0.4 is 14.8 Å². The summed E-state index contributed by atoms with van der Waals surface area (Å²) in [5.41, 5.74) is 5.34. The van der Waals surface area contributed by atoms with Gasteiger partial charge in [-0.05, 0) is 99.7 Å². The second-order valence-electron chi connectivity index (χ2n) is 15.7. The summed E-state index contributed by atoms with van der Waals surface area (Å²) >= 11 is 0. The minimum Gasteiger partial charge on any atom is -0.494 e. The highest BCUT2D eigenvalue weighted by Gasteiger charge is 2.44. The Morgan fingerprint density at radius 1 is 0.810 bits per heavy atom. The molecule has 5 aromatic rings. The Kier molecular flexibility index (Phi) is 10.4. The number of hydrogen-bond donors (Lipinski definition) is 2. The molecule has 1 atom stereocenters. The van der Waals surface area contributed by atoms with Crippen LogP contribution in [0.2, 0.25) is 0 Å². The number of unbranched alkanes of at least 4 members (excludes halogenated alkanes) is 2. The Morgan fingerprint density at radius 2 is 1.62 bits per heavy atom. The summed E-state index contributed by atoms with van der Waals surface area (Å²) in [7, 11) is 0. The quantitative estimate of drug-likeness (QED) is 0.0995. The highest BCUT2D eigenvalue weighted by Crippen LogP contribution is 2.35. The van der Waals surface area contributed by atoms with Crippen LogP contribution in [-0.4, -0.2) is 92.9 Å². The molecule has 3 aliphatic heterocycles. The van der Waals surface area contributed by atoms with Crippen molar-refractivity contribution in [2.75, 3.05) is 26.3 Å². The number of hydrogen-bond acceptors (Lipinski definition) is 9. The topological polar surface area (TPSA) is 156 Å². The van der Waals surface area contributed by atoms with Crippen molar-refractivity contribution in [2.24, 2.45) is 5.92 Å². The summed E-state index contributed by atoms with van der Waals surface area (Å²) in [6.45, 7) is 6.30. The van der Waals surface area contributed by atoms with Crippen LogP contribution in [-0.2, 0) is 14.3 Å². The number of fused-ring (bicyclic) bond motifs is 4. The molecule has 3 fully saturated rings. The standard InChI is InChI=1S/C45H46N6O7/c1-27-5-11-40(42(52)48-27)51-44(54)35-10-8-32(24-36(35)45(51)55)57-20-4-2-3-19-56-31-14-17-50(18-15-31)43(53)30-21-33(22-30)58-41-12-7-29(25-47-41)28-6-9-34-37-26-46-16-13-38(37)49-39(34)23-28/h6-10,12-13,16,23-26,30-31,33,40,49H,1-5,11,14-15,17-22H2,(H,48,52). The molecule has 0 spiro atoms. The van der Waals surface area contributed by atoms with Crippen LogP contribution in [0, 0.1) is 5.92 Å². The predicted molar refractivity (Wildman–Crippen MR) is 216 cm³/mol. The van der Waals surface area contributed by atoms with Crippen molar-refractivity contribution in [3.8, 4) is 22.8 Å². The van der Waals surface area contributed by atoms with Gasteiger partial charge in [0.15, 0.2) is 0 Å². The van der Waals surface area contributed by atoms with E-state index in [-0.39, 0.29) is 41.1 Å². The van der Waals surface area contributed by atoms with Crippen molar-refractivity contribution in [1.29, 1.82) is 0 Å². The Balaban J connectivity index is 0.643. The lowest BCUT2D eigenvalue weighted by Crippen LogP contribution is -2.51. The molecule has 298 valence electrons. The molecule has 2 saturated heterocycles. The maximum Gasteiger partial charge on any atom is 0.262 e. The van der Waals surface area contributed by atoms with E-state index in [0.717, 1.165) is 69.9 Å². The Bertz CT molecular complexity index is 2400. The fourth-order valence-corrected chi connectivity index (χ4v) is 8.52. The van der Waals surface area contributed by atoms with Gasteiger partial charge in [-0.1, -0.05) is 18.7 Å². The number of imide groups is 1. The number of benzene rings is 2. The number of carbonyl (C=O) groups is 4. The molecule has 58 heavy (non-hydrogen) atoms. The molecule has 1 unspecified atom stereocenters. The molecule has 4 aliphatic rings.